The summed E-state index contributed by atoms with van der Waals surface area (Å²) in [5.74, 6) is 0.271. The predicted molar refractivity (Wildman–Crippen MR) is 78.7 cm³/mol. The smallest absolute Gasteiger partial charge is 0.327 e. The van der Waals surface area contributed by atoms with Crippen molar-refractivity contribution in [3.63, 3.8) is 0 Å². The predicted octanol–water partition coefficient (Wildman–Crippen LogP) is 1.75. The van der Waals surface area contributed by atoms with Crippen molar-refractivity contribution in [2.45, 2.75) is 18.3 Å². The summed E-state index contributed by atoms with van der Waals surface area (Å²) in [5, 5.41) is 8.90. The van der Waals surface area contributed by atoms with Crippen LogP contribution in [0.15, 0.2) is 18.2 Å². The minimum atomic E-state index is -0.985. The Kier molecular flexibility index (Phi) is 4.62. The molecule has 0 aliphatic carbocycles. The lowest BCUT2D eigenvalue weighted by Crippen LogP contribution is -2.41. The minimum Gasteiger partial charge on any atom is -0.493 e. The van der Waals surface area contributed by atoms with Gasteiger partial charge in [0, 0.05) is 12.7 Å². The maximum atomic E-state index is 11.8. The van der Waals surface area contributed by atoms with E-state index >= 15 is 0 Å². The third kappa shape index (κ3) is 2.92. The molecule has 0 spiro atoms. The average molecular weight is 311 g/mol. The number of rotatable bonds is 4. The number of ether oxygens (including phenoxy) is 2. The van der Waals surface area contributed by atoms with Crippen LogP contribution in [0.3, 0.4) is 0 Å². The normalized spacial score (nSPS) is 21.2. The van der Waals surface area contributed by atoms with Crippen LogP contribution in [0, 0.1) is 0 Å². The molecule has 0 bridgehead atoms. The fraction of sp³-hybridized carbons (Fsp3) is 0.429. The van der Waals surface area contributed by atoms with E-state index in [9.17, 15) is 14.7 Å². The van der Waals surface area contributed by atoms with Crippen LogP contribution in [0.25, 0.3) is 0 Å². The third-order valence-electron chi connectivity index (χ3n) is 3.34. The standard InChI is InChI=1S/C14H17NO5S/c1-8(16)15-10(14(17)18)7-21-13(15)9-4-5-11(19-2)12(6-9)20-3/h4-6,10,13H,7H2,1-3H3,(H,17,18)/t10-,13+/m1/s1. The van der Waals surface area contributed by atoms with Crippen LogP contribution in [0.2, 0.25) is 0 Å². The van der Waals surface area contributed by atoms with E-state index in [1.807, 2.05) is 6.07 Å². The zero-order valence-corrected chi connectivity index (χ0v) is 12.8. The maximum absolute atomic E-state index is 11.8. The summed E-state index contributed by atoms with van der Waals surface area (Å²) in [6, 6.07) is 4.54. The van der Waals surface area contributed by atoms with Crippen LogP contribution < -0.4 is 9.47 Å². The summed E-state index contributed by atoms with van der Waals surface area (Å²) in [4.78, 5) is 24.5. The van der Waals surface area contributed by atoms with Crippen LogP contribution in [0.1, 0.15) is 17.9 Å². The van der Waals surface area contributed by atoms with E-state index < -0.39 is 12.0 Å². The second-order valence-corrected chi connectivity index (χ2v) is 5.69. The van der Waals surface area contributed by atoms with Gasteiger partial charge in [-0.05, 0) is 17.7 Å². The molecule has 1 N–H and O–H groups in total. The lowest BCUT2D eigenvalue weighted by molar-refractivity contribution is -0.148. The number of amides is 1. The molecule has 1 amide bonds. The number of carbonyl (C=O) groups excluding carboxylic acids is 1. The number of hydrogen-bond donors (Lipinski definition) is 1. The topological polar surface area (TPSA) is 76.1 Å². The van der Waals surface area contributed by atoms with Crippen molar-refractivity contribution >= 4 is 23.6 Å². The molecule has 0 aromatic heterocycles. The number of hydrogen-bond acceptors (Lipinski definition) is 5. The Morgan fingerprint density at radius 1 is 1.29 bits per heavy atom. The highest BCUT2D eigenvalue weighted by molar-refractivity contribution is 7.99. The van der Waals surface area contributed by atoms with E-state index in [1.165, 1.54) is 30.7 Å². The number of aliphatic carboxylic acids is 1. The molecule has 6 nitrogen and oxygen atoms in total. The molecule has 1 saturated heterocycles. The molecule has 1 aliphatic rings. The zero-order valence-electron chi connectivity index (χ0n) is 12.0. The molecule has 1 aromatic rings. The lowest BCUT2D eigenvalue weighted by Gasteiger charge is -2.26. The molecule has 0 unspecified atom stereocenters. The first-order valence-corrected chi connectivity index (χ1v) is 7.39. The molecule has 7 heteroatoms. The Morgan fingerprint density at radius 2 is 1.95 bits per heavy atom. The van der Waals surface area contributed by atoms with Crippen LogP contribution in [-0.4, -0.2) is 47.9 Å². The van der Waals surface area contributed by atoms with Crippen LogP contribution in [-0.2, 0) is 9.59 Å². The van der Waals surface area contributed by atoms with Crippen molar-refractivity contribution in [2.24, 2.45) is 0 Å². The maximum Gasteiger partial charge on any atom is 0.327 e. The van der Waals surface area contributed by atoms with Crippen molar-refractivity contribution in [1.82, 2.24) is 4.90 Å². The van der Waals surface area contributed by atoms with E-state index in [4.69, 9.17) is 9.47 Å². The first kappa shape index (κ1) is 15.5. The molecule has 0 radical (unpaired) electrons. The number of benzene rings is 1. The van der Waals surface area contributed by atoms with Gasteiger partial charge in [0.25, 0.3) is 0 Å². The Balaban J connectivity index is 2.36. The van der Waals surface area contributed by atoms with Gasteiger partial charge >= 0.3 is 5.97 Å². The summed E-state index contributed by atoms with van der Waals surface area (Å²) in [6.45, 7) is 1.38. The van der Waals surface area contributed by atoms with Crippen molar-refractivity contribution in [2.75, 3.05) is 20.0 Å². The van der Waals surface area contributed by atoms with E-state index in [0.29, 0.717) is 17.3 Å². The molecular formula is C14H17NO5S. The molecule has 1 aliphatic heterocycles. The number of carboxylic acids is 1. The molecule has 21 heavy (non-hydrogen) atoms. The minimum absolute atomic E-state index is 0.257. The van der Waals surface area contributed by atoms with Gasteiger partial charge in [-0.3, -0.25) is 4.79 Å². The van der Waals surface area contributed by atoms with Gasteiger partial charge in [-0.15, -0.1) is 11.8 Å². The highest BCUT2D eigenvalue weighted by Crippen LogP contribution is 2.43. The molecule has 1 heterocycles. The summed E-state index contributed by atoms with van der Waals surface area (Å²) in [6.07, 6.45) is 0. The molecule has 0 saturated carbocycles. The lowest BCUT2D eigenvalue weighted by atomic mass is 10.1. The Hall–Kier alpha value is -1.89. The SMILES string of the molecule is COc1ccc([C@@H]2SC[C@H](C(=O)O)N2C(C)=O)cc1OC. The van der Waals surface area contributed by atoms with Crippen LogP contribution in [0.4, 0.5) is 0 Å². The fourth-order valence-electron chi connectivity index (χ4n) is 2.34. The first-order valence-electron chi connectivity index (χ1n) is 6.34. The largest absolute Gasteiger partial charge is 0.493 e. The quantitative estimate of drug-likeness (QED) is 0.913. The molecule has 1 aromatic carbocycles. The van der Waals surface area contributed by atoms with Crippen molar-refractivity contribution < 1.29 is 24.2 Å². The molecule has 114 valence electrons. The van der Waals surface area contributed by atoms with Gasteiger partial charge < -0.3 is 19.5 Å². The second kappa shape index (κ2) is 6.26. The Morgan fingerprint density at radius 3 is 2.48 bits per heavy atom. The summed E-state index contributed by atoms with van der Waals surface area (Å²) >= 11 is 1.43. The van der Waals surface area contributed by atoms with Gasteiger partial charge in [-0.1, -0.05) is 6.07 Å². The van der Waals surface area contributed by atoms with Crippen molar-refractivity contribution in [3.05, 3.63) is 23.8 Å². The van der Waals surface area contributed by atoms with Gasteiger partial charge in [0.1, 0.15) is 11.4 Å². The molecule has 2 rings (SSSR count). The van der Waals surface area contributed by atoms with E-state index in [2.05, 4.69) is 0 Å². The average Bonchev–Trinajstić information content (AvgIpc) is 2.91. The van der Waals surface area contributed by atoms with Gasteiger partial charge in [0.15, 0.2) is 11.5 Å². The summed E-state index contributed by atoms with van der Waals surface area (Å²) in [7, 11) is 3.08. The van der Waals surface area contributed by atoms with E-state index in [0.717, 1.165) is 5.56 Å². The van der Waals surface area contributed by atoms with Gasteiger partial charge in [0.05, 0.1) is 14.2 Å². The fourth-order valence-corrected chi connectivity index (χ4v) is 3.81. The molecule has 1 fully saturated rings. The van der Waals surface area contributed by atoms with Crippen molar-refractivity contribution in [1.29, 1.82) is 0 Å². The first-order chi connectivity index (χ1) is 9.99. The Labute approximate surface area is 127 Å². The Bertz CT molecular complexity index is 562. The summed E-state index contributed by atoms with van der Waals surface area (Å²) < 4.78 is 10.4. The van der Waals surface area contributed by atoms with Crippen molar-refractivity contribution in [3.8, 4) is 11.5 Å². The number of carboxylic acid groups (broad SMARTS) is 1. The summed E-state index contributed by atoms with van der Waals surface area (Å²) in [5.41, 5.74) is 0.816. The molecular weight excluding hydrogens is 294 g/mol. The van der Waals surface area contributed by atoms with E-state index in [1.54, 1.807) is 19.2 Å². The van der Waals surface area contributed by atoms with Gasteiger partial charge in [-0.2, -0.15) is 0 Å². The molecule has 2 atom stereocenters. The number of thioether (sulfide) groups is 1. The monoisotopic (exact) mass is 311 g/mol. The highest BCUT2D eigenvalue weighted by Gasteiger charge is 2.41. The van der Waals surface area contributed by atoms with E-state index in [-0.39, 0.29) is 11.3 Å². The number of methoxy groups -OCH3 is 2. The second-order valence-electron chi connectivity index (χ2n) is 4.58. The third-order valence-corrected chi connectivity index (χ3v) is 4.67. The number of nitrogens with zero attached hydrogens (tertiary/aromatic N) is 1. The van der Waals surface area contributed by atoms with Crippen LogP contribution in [0.5, 0.6) is 11.5 Å². The van der Waals surface area contributed by atoms with Gasteiger partial charge in [0.2, 0.25) is 5.91 Å². The van der Waals surface area contributed by atoms with Gasteiger partial charge in [-0.25, -0.2) is 4.79 Å². The highest BCUT2D eigenvalue weighted by atomic mass is 32.2. The number of carbonyl (C=O) groups is 2. The zero-order chi connectivity index (χ0) is 15.6. The van der Waals surface area contributed by atoms with Crippen LogP contribution >= 0.6 is 11.8 Å².